The smallest absolute Gasteiger partial charge is 0.435 e. The number of aryl methyl sites for hydroxylation is 2. The maximum atomic E-state index is 13.2. The molecule has 0 saturated heterocycles. The predicted molar refractivity (Wildman–Crippen MR) is 116 cm³/mol. The molecule has 0 atom stereocenters. The highest BCUT2D eigenvalue weighted by molar-refractivity contribution is 5.67. The second-order valence-electron chi connectivity index (χ2n) is 8.02. The molecule has 0 amide bonds. The highest BCUT2D eigenvalue weighted by Crippen LogP contribution is 2.34. The first-order valence-corrected chi connectivity index (χ1v) is 10.5. The van der Waals surface area contributed by atoms with Gasteiger partial charge in [0.25, 0.3) is 0 Å². The van der Waals surface area contributed by atoms with E-state index >= 15 is 0 Å². The van der Waals surface area contributed by atoms with Crippen LogP contribution in [0.1, 0.15) is 25.1 Å². The van der Waals surface area contributed by atoms with Gasteiger partial charge in [-0.25, -0.2) is 4.98 Å². The van der Waals surface area contributed by atoms with Gasteiger partial charge >= 0.3 is 6.18 Å². The van der Waals surface area contributed by atoms with E-state index < -0.39 is 11.9 Å². The molecule has 7 nitrogen and oxygen atoms in total. The highest BCUT2D eigenvalue weighted by atomic mass is 19.4. The molecule has 0 aliphatic rings. The lowest BCUT2D eigenvalue weighted by Gasteiger charge is -2.13. The fraction of sp³-hybridized carbons (Fsp3) is 0.304. The van der Waals surface area contributed by atoms with Crippen LogP contribution in [-0.2, 0) is 19.1 Å². The number of pyridine rings is 1. The van der Waals surface area contributed by atoms with Crippen molar-refractivity contribution in [3.63, 3.8) is 0 Å². The molecular weight excluding hydrogens is 433 g/mol. The second-order valence-corrected chi connectivity index (χ2v) is 8.02. The number of hydrogen-bond acceptors (Lipinski definition) is 5. The molecule has 3 aromatic heterocycles. The minimum atomic E-state index is -4.58. The number of nitrogens with zero attached hydrogens (tertiary/aromatic N) is 5. The highest BCUT2D eigenvalue weighted by Gasteiger charge is 2.37. The summed E-state index contributed by atoms with van der Waals surface area (Å²) in [6, 6.07) is 10.9. The summed E-state index contributed by atoms with van der Waals surface area (Å²) in [6.45, 7) is 5.52. The number of aromatic amines is 1. The Hall–Kier alpha value is -3.69. The van der Waals surface area contributed by atoms with Gasteiger partial charge in [0.1, 0.15) is 17.1 Å². The monoisotopic (exact) mass is 456 g/mol. The molecule has 0 bridgehead atoms. The van der Waals surface area contributed by atoms with Crippen LogP contribution in [0.2, 0.25) is 0 Å². The molecule has 172 valence electrons. The number of ether oxygens (including phenoxy) is 1. The van der Waals surface area contributed by atoms with Gasteiger partial charge in [0.05, 0.1) is 18.6 Å². The number of benzene rings is 1. The molecule has 0 spiro atoms. The summed E-state index contributed by atoms with van der Waals surface area (Å²) in [6.07, 6.45) is 1.08. The minimum Gasteiger partial charge on any atom is -0.493 e. The van der Waals surface area contributed by atoms with Gasteiger partial charge in [0, 0.05) is 24.5 Å². The fourth-order valence-electron chi connectivity index (χ4n) is 3.32. The Morgan fingerprint density at radius 1 is 1.09 bits per heavy atom. The number of alkyl halides is 3. The van der Waals surface area contributed by atoms with E-state index in [2.05, 4.69) is 34.1 Å². The SMILES string of the molecule is CC(C)COc1ccccc1CCn1cnc(-c2cc(-c3nn[nH]c3C(F)(F)F)ccn2)c1. The zero-order valence-corrected chi connectivity index (χ0v) is 18.2. The molecule has 10 heteroatoms. The third kappa shape index (κ3) is 5.39. The standard InChI is InChI=1S/C23H23F3N6O/c1-15(2)13-33-20-6-4-3-5-16(20)8-10-32-12-19(28-14-32)18-11-17(7-9-27-18)21-22(23(24,25)26)30-31-29-21/h3-7,9,11-12,14-15H,8,10,13H2,1-2H3,(H,29,30,31). The van der Waals surface area contributed by atoms with Crippen molar-refractivity contribution in [2.75, 3.05) is 6.61 Å². The molecule has 33 heavy (non-hydrogen) atoms. The molecule has 1 N–H and O–H groups in total. The summed E-state index contributed by atoms with van der Waals surface area (Å²) in [7, 11) is 0. The summed E-state index contributed by atoms with van der Waals surface area (Å²) in [4.78, 5) is 8.64. The Kier molecular flexibility index (Phi) is 6.43. The van der Waals surface area contributed by atoms with Gasteiger partial charge in [-0.3, -0.25) is 10.1 Å². The number of rotatable bonds is 8. The maximum absolute atomic E-state index is 13.2. The van der Waals surface area contributed by atoms with Gasteiger partial charge in [0.2, 0.25) is 0 Å². The Labute approximate surface area is 188 Å². The van der Waals surface area contributed by atoms with Crippen LogP contribution in [0, 0.1) is 5.92 Å². The quantitative estimate of drug-likeness (QED) is 0.402. The van der Waals surface area contributed by atoms with Crippen molar-refractivity contribution in [3.05, 3.63) is 66.4 Å². The van der Waals surface area contributed by atoms with Crippen molar-refractivity contribution in [3.8, 4) is 28.4 Å². The maximum Gasteiger partial charge on any atom is 0.435 e. The van der Waals surface area contributed by atoms with Crippen LogP contribution in [0.15, 0.2) is 55.1 Å². The first kappa shape index (κ1) is 22.5. The number of imidazole rings is 1. The van der Waals surface area contributed by atoms with Gasteiger partial charge in [-0.2, -0.15) is 13.2 Å². The molecule has 0 fully saturated rings. The summed E-state index contributed by atoms with van der Waals surface area (Å²) in [5, 5.41) is 8.83. The zero-order valence-electron chi connectivity index (χ0n) is 18.2. The topological polar surface area (TPSA) is 81.5 Å². The zero-order chi connectivity index (χ0) is 23.4. The lowest BCUT2D eigenvalue weighted by Crippen LogP contribution is -2.07. The predicted octanol–water partition coefficient (Wildman–Crippen LogP) is 5.03. The van der Waals surface area contributed by atoms with Gasteiger partial charge in [0.15, 0.2) is 5.69 Å². The van der Waals surface area contributed by atoms with Gasteiger partial charge < -0.3 is 9.30 Å². The minimum absolute atomic E-state index is 0.256. The van der Waals surface area contributed by atoms with Crippen LogP contribution >= 0.6 is 0 Å². The Morgan fingerprint density at radius 3 is 2.70 bits per heavy atom. The summed E-state index contributed by atoms with van der Waals surface area (Å²) < 4.78 is 47.4. The number of para-hydroxylation sites is 1. The van der Waals surface area contributed by atoms with Crippen molar-refractivity contribution in [1.29, 1.82) is 0 Å². The van der Waals surface area contributed by atoms with Gasteiger partial charge in [-0.1, -0.05) is 37.3 Å². The van der Waals surface area contributed by atoms with Crippen molar-refractivity contribution in [1.82, 2.24) is 29.9 Å². The average Bonchev–Trinajstić information content (AvgIpc) is 3.47. The molecular formula is C23H23F3N6O. The Bertz CT molecular complexity index is 1210. The van der Waals surface area contributed by atoms with E-state index in [1.54, 1.807) is 6.33 Å². The van der Waals surface area contributed by atoms with Crippen molar-refractivity contribution in [2.45, 2.75) is 33.0 Å². The van der Waals surface area contributed by atoms with Crippen LogP contribution < -0.4 is 4.74 Å². The fourth-order valence-corrected chi connectivity index (χ4v) is 3.32. The third-order valence-corrected chi connectivity index (χ3v) is 4.95. The third-order valence-electron chi connectivity index (χ3n) is 4.95. The van der Waals surface area contributed by atoms with Crippen LogP contribution in [0.5, 0.6) is 5.75 Å². The van der Waals surface area contributed by atoms with Gasteiger partial charge in [-0.05, 0) is 36.1 Å². The lowest BCUT2D eigenvalue weighted by atomic mass is 10.1. The molecule has 0 unspecified atom stereocenters. The molecule has 4 aromatic rings. The molecule has 0 radical (unpaired) electrons. The van der Waals surface area contributed by atoms with Crippen LogP contribution in [0.25, 0.3) is 22.6 Å². The first-order chi connectivity index (χ1) is 15.8. The molecule has 0 saturated carbocycles. The lowest BCUT2D eigenvalue weighted by molar-refractivity contribution is -0.140. The van der Waals surface area contributed by atoms with E-state index in [9.17, 15) is 13.2 Å². The largest absolute Gasteiger partial charge is 0.493 e. The molecule has 0 aliphatic heterocycles. The summed E-state index contributed by atoms with van der Waals surface area (Å²) in [5.74, 6) is 1.30. The average molecular weight is 456 g/mol. The number of nitrogens with one attached hydrogen (secondary N) is 1. The molecule has 0 aliphatic carbocycles. The molecule has 3 heterocycles. The van der Waals surface area contributed by atoms with Crippen LogP contribution in [0.3, 0.4) is 0 Å². The van der Waals surface area contributed by atoms with E-state index in [1.165, 1.54) is 18.3 Å². The number of aromatic nitrogens is 6. The molecule has 4 rings (SSSR count). The van der Waals surface area contributed by atoms with E-state index in [1.807, 2.05) is 40.1 Å². The summed E-state index contributed by atoms with van der Waals surface area (Å²) in [5.41, 5.74) is 1.08. The van der Waals surface area contributed by atoms with E-state index in [0.717, 1.165) is 17.7 Å². The van der Waals surface area contributed by atoms with Crippen molar-refractivity contribution >= 4 is 0 Å². The van der Waals surface area contributed by atoms with E-state index in [-0.39, 0.29) is 11.3 Å². The van der Waals surface area contributed by atoms with Crippen LogP contribution in [0.4, 0.5) is 13.2 Å². The summed E-state index contributed by atoms with van der Waals surface area (Å²) >= 11 is 0. The number of H-pyrrole nitrogens is 1. The Morgan fingerprint density at radius 2 is 1.91 bits per heavy atom. The Balaban J connectivity index is 1.49. The van der Waals surface area contributed by atoms with Gasteiger partial charge in [-0.15, -0.1) is 5.10 Å². The van der Waals surface area contributed by atoms with E-state index in [0.29, 0.717) is 30.5 Å². The van der Waals surface area contributed by atoms with Crippen molar-refractivity contribution < 1.29 is 17.9 Å². The first-order valence-electron chi connectivity index (χ1n) is 10.5. The second kappa shape index (κ2) is 9.43. The van der Waals surface area contributed by atoms with Crippen LogP contribution in [-0.4, -0.2) is 36.6 Å². The number of halogens is 3. The van der Waals surface area contributed by atoms with Crippen molar-refractivity contribution in [2.24, 2.45) is 5.92 Å². The van der Waals surface area contributed by atoms with E-state index in [4.69, 9.17) is 4.74 Å². The number of hydrogen-bond donors (Lipinski definition) is 1. The normalized spacial score (nSPS) is 11.8. The molecule has 1 aromatic carbocycles.